The molecule has 0 radical (unpaired) electrons. The van der Waals surface area contributed by atoms with Gasteiger partial charge in [0.25, 0.3) is 0 Å². The van der Waals surface area contributed by atoms with Gasteiger partial charge in [0, 0.05) is 22.6 Å². The summed E-state index contributed by atoms with van der Waals surface area (Å²) in [4.78, 5) is 36.8. The largest absolute Gasteiger partial charge is 0.462 e. The molecular formula is C30H36N4O5. The van der Waals surface area contributed by atoms with Gasteiger partial charge in [-0.3, -0.25) is 4.79 Å². The lowest BCUT2D eigenvalue weighted by molar-refractivity contribution is -0.121. The highest BCUT2D eigenvalue weighted by Gasteiger charge is 2.19. The Morgan fingerprint density at radius 3 is 2.38 bits per heavy atom. The van der Waals surface area contributed by atoms with Gasteiger partial charge in [-0.1, -0.05) is 43.7 Å². The van der Waals surface area contributed by atoms with Gasteiger partial charge in [0.2, 0.25) is 5.91 Å². The molecule has 2 N–H and O–H groups in total. The molecule has 2 amide bonds. The first-order valence-corrected chi connectivity index (χ1v) is 13.1. The number of benzene rings is 2. The summed E-state index contributed by atoms with van der Waals surface area (Å²) in [5.41, 5.74) is 7.47. The second kappa shape index (κ2) is 14.5. The normalized spacial score (nSPS) is 11.7. The van der Waals surface area contributed by atoms with Crippen LogP contribution in [0.2, 0.25) is 0 Å². The van der Waals surface area contributed by atoms with Crippen molar-refractivity contribution in [2.24, 2.45) is 5.10 Å². The zero-order valence-electron chi connectivity index (χ0n) is 22.9. The van der Waals surface area contributed by atoms with Crippen LogP contribution in [-0.4, -0.2) is 42.0 Å². The highest BCUT2D eigenvalue weighted by atomic mass is 16.5. The molecule has 0 aliphatic rings. The smallest absolute Gasteiger partial charge is 0.407 e. The summed E-state index contributed by atoms with van der Waals surface area (Å²) in [6.45, 7) is 8.35. The highest BCUT2D eigenvalue weighted by Crippen LogP contribution is 2.21. The molecule has 1 heterocycles. The number of carbonyl (C=O) groups excluding carboxylic acids is 3. The third kappa shape index (κ3) is 8.29. The average Bonchev–Trinajstić information content (AvgIpc) is 3.21. The van der Waals surface area contributed by atoms with Crippen LogP contribution in [0.1, 0.15) is 72.0 Å². The Morgan fingerprint density at radius 2 is 1.72 bits per heavy atom. The maximum atomic E-state index is 12.6. The van der Waals surface area contributed by atoms with Gasteiger partial charge in [-0.25, -0.2) is 15.0 Å². The molecule has 1 atom stereocenters. The third-order valence-electron chi connectivity index (χ3n) is 6.11. The first-order valence-electron chi connectivity index (χ1n) is 13.1. The Morgan fingerprint density at radius 1 is 1.00 bits per heavy atom. The van der Waals surface area contributed by atoms with Crippen molar-refractivity contribution in [1.82, 2.24) is 15.3 Å². The van der Waals surface area contributed by atoms with Crippen LogP contribution in [0.4, 0.5) is 4.79 Å². The first kappa shape index (κ1) is 29.2. The van der Waals surface area contributed by atoms with E-state index in [1.807, 2.05) is 73.9 Å². The maximum absolute atomic E-state index is 12.6. The Hall–Kier alpha value is -4.40. The van der Waals surface area contributed by atoms with Gasteiger partial charge >= 0.3 is 12.1 Å². The molecule has 0 bridgehead atoms. The predicted molar refractivity (Wildman–Crippen MR) is 150 cm³/mol. The van der Waals surface area contributed by atoms with E-state index >= 15 is 0 Å². The van der Waals surface area contributed by atoms with Crippen molar-refractivity contribution in [3.8, 4) is 5.69 Å². The number of hydrogen-bond donors (Lipinski definition) is 2. The highest BCUT2D eigenvalue weighted by molar-refractivity contribution is 5.89. The fourth-order valence-corrected chi connectivity index (χ4v) is 4.11. The number of hydrazone groups is 1. The number of ether oxygens (including phenoxy) is 2. The van der Waals surface area contributed by atoms with Crippen molar-refractivity contribution in [2.45, 2.75) is 53.0 Å². The Labute approximate surface area is 229 Å². The number of amides is 2. The molecule has 206 valence electrons. The van der Waals surface area contributed by atoms with E-state index in [0.29, 0.717) is 12.2 Å². The van der Waals surface area contributed by atoms with E-state index < -0.39 is 12.1 Å². The van der Waals surface area contributed by atoms with E-state index in [1.54, 1.807) is 25.3 Å². The topological polar surface area (TPSA) is 111 Å². The van der Waals surface area contributed by atoms with Gasteiger partial charge in [-0.05, 0) is 63.1 Å². The second-order valence-corrected chi connectivity index (χ2v) is 9.02. The van der Waals surface area contributed by atoms with Gasteiger partial charge in [-0.15, -0.1) is 0 Å². The standard InChI is InChI=1S/C30H36N4O5/c1-5-7-17-39-29(36)24-13-15-26(16-14-24)34-21(3)18-25(22(34)4)20-31-33-28(35)19-27(32-30(37)38-6-2)23-11-9-8-10-12-23/h8-16,18,20,27H,5-7,17,19H2,1-4H3,(H,32,37)(H,33,35)/b31-20-/t27-/m1/s1. The third-order valence-corrected chi connectivity index (χ3v) is 6.11. The molecular weight excluding hydrogens is 496 g/mol. The molecule has 0 aliphatic heterocycles. The number of rotatable bonds is 12. The summed E-state index contributed by atoms with van der Waals surface area (Å²) in [7, 11) is 0. The van der Waals surface area contributed by atoms with Crippen LogP contribution in [0.25, 0.3) is 5.69 Å². The Balaban J connectivity index is 1.65. The number of carbonyl (C=O) groups is 3. The maximum Gasteiger partial charge on any atom is 0.407 e. The number of nitrogens with zero attached hydrogens (tertiary/aromatic N) is 2. The van der Waals surface area contributed by atoms with E-state index in [4.69, 9.17) is 9.47 Å². The monoisotopic (exact) mass is 532 g/mol. The lowest BCUT2D eigenvalue weighted by Gasteiger charge is -2.18. The zero-order valence-corrected chi connectivity index (χ0v) is 22.9. The van der Waals surface area contributed by atoms with Crippen LogP contribution in [0, 0.1) is 13.8 Å². The number of alkyl carbamates (subject to hydrolysis) is 1. The molecule has 3 rings (SSSR count). The van der Waals surface area contributed by atoms with E-state index in [1.165, 1.54) is 0 Å². The molecule has 1 aromatic heterocycles. The predicted octanol–water partition coefficient (Wildman–Crippen LogP) is 5.38. The summed E-state index contributed by atoms with van der Waals surface area (Å²) >= 11 is 0. The zero-order chi connectivity index (χ0) is 28.2. The van der Waals surface area contributed by atoms with Crippen molar-refractivity contribution < 1.29 is 23.9 Å². The van der Waals surface area contributed by atoms with Gasteiger partial charge < -0.3 is 19.4 Å². The fraction of sp³-hybridized carbons (Fsp3) is 0.333. The molecule has 2 aromatic carbocycles. The Bertz CT molecular complexity index is 1280. The lowest BCUT2D eigenvalue weighted by atomic mass is 10.0. The molecule has 0 aliphatic carbocycles. The average molecular weight is 533 g/mol. The quantitative estimate of drug-likeness (QED) is 0.141. The molecule has 0 spiro atoms. The number of esters is 1. The van der Waals surface area contributed by atoms with Crippen molar-refractivity contribution in [2.75, 3.05) is 13.2 Å². The van der Waals surface area contributed by atoms with Crippen molar-refractivity contribution in [1.29, 1.82) is 0 Å². The summed E-state index contributed by atoms with van der Waals surface area (Å²) in [5.74, 6) is -0.682. The molecule has 0 saturated heterocycles. The minimum absolute atomic E-state index is 0.00752. The van der Waals surface area contributed by atoms with E-state index in [2.05, 4.69) is 15.8 Å². The Kier molecular flexibility index (Phi) is 10.9. The van der Waals surface area contributed by atoms with Crippen LogP contribution in [-0.2, 0) is 14.3 Å². The van der Waals surface area contributed by atoms with Crippen molar-refractivity contribution in [3.63, 3.8) is 0 Å². The minimum Gasteiger partial charge on any atom is -0.462 e. The molecule has 0 fully saturated rings. The number of unbranched alkanes of at least 4 members (excludes halogenated alkanes) is 1. The molecule has 0 unspecified atom stereocenters. The molecule has 9 heteroatoms. The van der Waals surface area contributed by atoms with Crippen LogP contribution in [0.15, 0.2) is 65.8 Å². The minimum atomic E-state index is -0.587. The van der Waals surface area contributed by atoms with E-state index in [9.17, 15) is 14.4 Å². The lowest BCUT2D eigenvalue weighted by Crippen LogP contribution is -2.33. The SMILES string of the molecule is CCCCOC(=O)c1ccc(-n2c(C)cc(/C=N\NC(=O)C[C@@H](NC(=O)OCC)c3ccccc3)c2C)cc1. The summed E-state index contributed by atoms with van der Waals surface area (Å²) in [5, 5.41) is 6.87. The number of aromatic nitrogens is 1. The van der Waals surface area contributed by atoms with Crippen LogP contribution < -0.4 is 10.7 Å². The van der Waals surface area contributed by atoms with Crippen molar-refractivity contribution >= 4 is 24.2 Å². The molecule has 3 aromatic rings. The van der Waals surface area contributed by atoms with Crippen LogP contribution in [0.5, 0.6) is 0 Å². The van der Waals surface area contributed by atoms with Crippen molar-refractivity contribution in [3.05, 3.63) is 88.7 Å². The van der Waals surface area contributed by atoms with Crippen LogP contribution >= 0.6 is 0 Å². The second-order valence-electron chi connectivity index (χ2n) is 9.02. The van der Waals surface area contributed by atoms with Crippen LogP contribution in [0.3, 0.4) is 0 Å². The van der Waals surface area contributed by atoms with Gasteiger partial charge in [0.1, 0.15) is 0 Å². The molecule has 0 saturated carbocycles. The molecule has 9 nitrogen and oxygen atoms in total. The summed E-state index contributed by atoms with van der Waals surface area (Å²) in [6, 6.07) is 17.9. The number of nitrogens with one attached hydrogen (secondary N) is 2. The fourth-order valence-electron chi connectivity index (χ4n) is 4.11. The van der Waals surface area contributed by atoms with Gasteiger partial charge in [-0.2, -0.15) is 5.10 Å². The van der Waals surface area contributed by atoms with E-state index in [0.717, 1.165) is 41.0 Å². The number of aryl methyl sites for hydroxylation is 1. The number of hydrogen-bond acceptors (Lipinski definition) is 6. The van der Waals surface area contributed by atoms with Gasteiger partial charge in [0.15, 0.2) is 0 Å². The molecule has 39 heavy (non-hydrogen) atoms. The summed E-state index contributed by atoms with van der Waals surface area (Å²) < 4.78 is 12.3. The van der Waals surface area contributed by atoms with Gasteiger partial charge in [0.05, 0.1) is 37.5 Å². The first-order chi connectivity index (χ1) is 18.8. The van der Waals surface area contributed by atoms with E-state index in [-0.39, 0.29) is 24.9 Å². The summed E-state index contributed by atoms with van der Waals surface area (Å²) in [6.07, 6.45) is 2.80.